The maximum absolute atomic E-state index is 13.5. The molecule has 0 radical (unpaired) electrons. The summed E-state index contributed by atoms with van der Waals surface area (Å²) in [6.07, 6.45) is 0. The Labute approximate surface area is 113 Å². The number of likely N-dealkylation sites (N-methyl/N-ethyl adjacent to an activating group) is 1. The van der Waals surface area contributed by atoms with Crippen molar-refractivity contribution in [2.75, 3.05) is 18.4 Å². The van der Waals surface area contributed by atoms with Crippen molar-refractivity contribution in [2.45, 2.75) is 13.8 Å². The van der Waals surface area contributed by atoms with E-state index in [0.717, 1.165) is 0 Å². The molecule has 0 aliphatic rings. The van der Waals surface area contributed by atoms with Crippen molar-refractivity contribution in [3.05, 3.63) is 28.5 Å². The highest BCUT2D eigenvalue weighted by Crippen LogP contribution is 2.19. The van der Waals surface area contributed by atoms with E-state index in [1.54, 1.807) is 19.9 Å². The van der Waals surface area contributed by atoms with Crippen molar-refractivity contribution < 1.29 is 14.0 Å². The Kier molecular flexibility index (Phi) is 5.27. The number of hydrogen-bond acceptors (Lipinski definition) is 2. The minimum absolute atomic E-state index is 0.0105. The Bertz CT molecular complexity index is 461. The molecule has 1 aromatic carbocycles. The van der Waals surface area contributed by atoms with Gasteiger partial charge >= 0.3 is 11.8 Å². The van der Waals surface area contributed by atoms with Crippen molar-refractivity contribution in [2.24, 2.45) is 0 Å². The molecule has 2 amide bonds. The molecule has 0 fully saturated rings. The highest BCUT2D eigenvalue weighted by molar-refractivity contribution is 9.10. The molecule has 0 heterocycles. The van der Waals surface area contributed by atoms with Crippen LogP contribution >= 0.6 is 15.9 Å². The molecule has 0 spiro atoms. The zero-order valence-electron chi connectivity index (χ0n) is 10.2. The molecule has 0 aromatic heterocycles. The number of benzene rings is 1. The van der Waals surface area contributed by atoms with Crippen LogP contribution in [0.5, 0.6) is 0 Å². The van der Waals surface area contributed by atoms with Gasteiger partial charge in [-0.2, -0.15) is 0 Å². The summed E-state index contributed by atoms with van der Waals surface area (Å²) in [5.74, 6) is -2.09. The molecule has 0 saturated carbocycles. The zero-order chi connectivity index (χ0) is 13.7. The van der Waals surface area contributed by atoms with Gasteiger partial charge in [-0.15, -0.1) is 0 Å². The molecule has 18 heavy (non-hydrogen) atoms. The predicted molar refractivity (Wildman–Crippen MR) is 70.7 cm³/mol. The Morgan fingerprint density at radius 3 is 2.44 bits per heavy atom. The fraction of sp³-hybridized carbons (Fsp3) is 0.333. The van der Waals surface area contributed by atoms with Gasteiger partial charge in [-0.3, -0.25) is 9.59 Å². The van der Waals surface area contributed by atoms with Crippen molar-refractivity contribution >= 4 is 33.4 Å². The average molecular weight is 317 g/mol. The molecule has 0 aliphatic carbocycles. The lowest BCUT2D eigenvalue weighted by Gasteiger charge is -2.17. The Morgan fingerprint density at radius 2 is 1.94 bits per heavy atom. The van der Waals surface area contributed by atoms with Crippen molar-refractivity contribution in [1.82, 2.24) is 4.90 Å². The van der Waals surface area contributed by atoms with Crippen molar-refractivity contribution in [3.63, 3.8) is 0 Å². The van der Waals surface area contributed by atoms with E-state index in [1.807, 2.05) is 0 Å². The molecule has 6 heteroatoms. The normalized spacial score (nSPS) is 10.0. The van der Waals surface area contributed by atoms with E-state index in [2.05, 4.69) is 21.2 Å². The van der Waals surface area contributed by atoms with Gasteiger partial charge < -0.3 is 10.2 Å². The van der Waals surface area contributed by atoms with E-state index in [9.17, 15) is 14.0 Å². The molecule has 0 unspecified atom stereocenters. The molecule has 1 aromatic rings. The lowest BCUT2D eigenvalue weighted by Crippen LogP contribution is -2.39. The van der Waals surface area contributed by atoms with Gasteiger partial charge in [-0.05, 0) is 32.0 Å². The molecule has 0 aliphatic heterocycles. The summed E-state index contributed by atoms with van der Waals surface area (Å²) in [4.78, 5) is 24.7. The molecule has 1 rings (SSSR count). The van der Waals surface area contributed by atoms with Crippen LogP contribution in [0.2, 0.25) is 0 Å². The highest BCUT2D eigenvalue weighted by atomic mass is 79.9. The summed E-state index contributed by atoms with van der Waals surface area (Å²) >= 11 is 3.11. The number of rotatable bonds is 3. The molecule has 0 atom stereocenters. The number of halogens is 2. The van der Waals surface area contributed by atoms with E-state index in [-0.39, 0.29) is 5.69 Å². The summed E-state index contributed by atoms with van der Waals surface area (Å²) in [7, 11) is 0. The number of anilines is 1. The molecule has 98 valence electrons. The highest BCUT2D eigenvalue weighted by Gasteiger charge is 2.20. The molecule has 0 saturated heterocycles. The Balaban J connectivity index is 2.78. The van der Waals surface area contributed by atoms with Gasteiger partial charge in [0.15, 0.2) is 0 Å². The third kappa shape index (κ3) is 3.53. The third-order valence-electron chi connectivity index (χ3n) is 2.42. The summed E-state index contributed by atoms with van der Waals surface area (Å²) < 4.78 is 14.0. The quantitative estimate of drug-likeness (QED) is 0.870. The first-order chi connectivity index (χ1) is 8.49. The van der Waals surface area contributed by atoms with Crippen molar-refractivity contribution in [1.29, 1.82) is 0 Å². The molecule has 1 N–H and O–H groups in total. The van der Waals surface area contributed by atoms with Gasteiger partial charge in [0.1, 0.15) is 5.82 Å². The molecule has 4 nitrogen and oxygen atoms in total. The van der Waals surface area contributed by atoms with E-state index in [4.69, 9.17) is 0 Å². The molecular formula is C12H14BrFN2O2. The van der Waals surface area contributed by atoms with E-state index in [0.29, 0.717) is 17.6 Å². The Hall–Kier alpha value is -1.43. The van der Waals surface area contributed by atoms with Crippen LogP contribution in [0.1, 0.15) is 13.8 Å². The van der Waals surface area contributed by atoms with Gasteiger partial charge in [0.05, 0.1) is 5.69 Å². The second kappa shape index (κ2) is 6.49. The maximum atomic E-state index is 13.5. The topological polar surface area (TPSA) is 49.4 Å². The monoisotopic (exact) mass is 316 g/mol. The smallest absolute Gasteiger partial charge is 0.313 e. The first-order valence-corrected chi connectivity index (χ1v) is 6.34. The van der Waals surface area contributed by atoms with Crippen LogP contribution in [-0.2, 0) is 9.59 Å². The Morgan fingerprint density at radius 1 is 1.33 bits per heavy atom. The lowest BCUT2D eigenvalue weighted by atomic mass is 10.3. The summed E-state index contributed by atoms with van der Waals surface area (Å²) in [5, 5.41) is 2.26. The lowest BCUT2D eigenvalue weighted by molar-refractivity contribution is -0.142. The number of amides is 2. The first-order valence-electron chi connectivity index (χ1n) is 5.54. The number of hydrogen-bond donors (Lipinski definition) is 1. The van der Waals surface area contributed by atoms with E-state index >= 15 is 0 Å². The minimum atomic E-state index is -0.833. The minimum Gasteiger partial charge on any atom is -0.335 e. The molecular weight excluding hydrogens is 303 g/mol. The maximum Gasteiger partial charge on any atom is 0.313 e. The second-order valence-corrected chi connectivity index (χ2v) is 4.47. The van der Waals surface area contributed by atoms with Gasteiger partial charge in [0.2, 0.25) is 0 Å². The van der Waals surface area contributed by atoms with Crippen LogP contribution in [-0.4, -0.2) is 29.8 Å². The van der Waals surface area contributed by atoms with Crippen LogP contribution in [0.25, 0.3) is 0 Å². The zero-order valence-corrected chi connectivity index (χ0v) is 11.8. The van der Waals surface area contributed by atoms with Gasteiger partial charge in [0, 0.05) is 17.6 Å². The standard InChI is InChI=1S/C12H14BrFN2O2/c1-3-16(4-2)12(18)11(17)15-10-6-5-8(13)7-9(10)14/h5-7H,3-4H2,1-2H3,(H,15,17). The number of nitrogens with zero attached hydrogens (tertiary/aromatic N) is 1. The number of carbonyl (C=O) groups is 2. The van der Waals surface area contributed by atoms with Crippen molar-refractivity contribution in [3.8, 4) is 0 Å². The van der Waals surface area contributed by atoms with Crippen LogP contribution in [0.15, 0.2) is 22.7 Å². The largest absolute Gasteiger partial charge is 0.335 e. The molecule has 0 bridgehead atoms. The first kappa shape index (κ1) is 14.6. The van der Waals surface area contributed by atoms with Gasteiger partial charge in [-0.1, -0.05) is 15.9 Å². The van der Waals surface area contributed by atoms with E-state index in [1.165, 1.54) is 17.0 Å². The van der Waals surface area contributed by atoms with Crippen LogP contribution in [0, 0.1) is 5.82 Å². The number of nitrogens with one attached hydrogen (secondary N) is 1. The van der Waals surface area contributed by atoms with Crippen LogP contribution in [0.3, 0.4) is 0 Å². The van der Waals surface area contributed by atoms with Gasteiger partial charge in [-0.25, -0.2) is 4.39 Å². The third-order valence-corrected chi connectivity index (χ3v) is 2.92. The van der Waals surface area contributed by atoms with Gasteiger partial charge in [0.25, 0.3) is 0 Å². The van der Waals surface area contributed by atoms with Crippen LogP contribution in [0.4, 0.5) is 10.1 Å². The van der Waals surface area contributed by atoms with E-state index < -0.39 is 17.6 Å². The summed E-state index contributed by atoms with van der Waals surface area (Å²) in [6, 6.07) is 4.20. The SMILES string of the molecule is CCN(CC)C(=O)C(=O)Nc1ccc(Br)cc1F. The fourth-order valence-electron chi connectivity index (χ4n) is 1.42. The summed E-state index contributed by atoms with van der Waals surface area (Å²) in [5.41, 5.74) is -0.0105. The average Bonchev–Trinajstić information content (AvgIpc) is 2.34. The second-order valence-electron chi connectivity index (χ2n) is 3.56. The predicted octanol–water partition coefficient (Wildman–Crippen LogP) is 2.40. The fourth-order valence-corrected chi connectivity index (χ4v) is 1.75. The number of carbonyl (C=O) groups excluding carboxylic acids is 2. The van der Waals surface area contributed by atoms with Crippen LogP contribution < -0.4 is 5.32 Å². The summed E-state index contributed by atoms with van der Waals surface area (Å²) in [6.45, 7) is 4.42.